The molecule has 0 radical (unpaired) electrons. The summed E-state index contributed by atoms with van der Waals surface area (Å²) in [5.41, 5.74) is 0.623. The van der Waals surface area contributed by atoms with Crippen LogP contribution in [-0.4, -0.2) is 25.8 Å². The van der Waals surface area contributed by atoms with Gasteiger partial charge in [-0.25, -0.2) is 0 Å². The number of carbonyl (C=O) groups is 1. The highest BCUT2D eigenvalue weighted by Crippen LogP contribution is 2.25. The molecule has 0 aliphatic rings. The van der Waals surface area contributed by atoms with E-state index in [-0.39, 0.29) is 5.78 Å². The van der Waals surface area contributed by atoms with E-state index in [0.29, 0.717) is 12.0 Å². The lowest BCUT2D eigenvalue weighted by Crippen LogP contribution is -2.42. The number of ether oxygens (including phenoxy) is 2. The van der Waals surface area contributed by atoms with E-state index in [0.717, 1.165) is 19.3 Å². The van der Waals surface area contributed by atoms with E-state index >= 15 is 0 Å². The molecule has 0 fully saturated rings. The van der Waals surface area contributed by atoms with Gasteiger partial charge in [0.1, 0.15) is 0 Å². The molecular formula is C15H22O3. The fourth-order valence-electron chi connectivity index (χ4n) is 2.00. The molecule has 0 atom stereocenters. The van der Waals surface area contributed by atoms with Crippen LogP contribution in [-0.2, 0) is 9.47 Å². The third kappa shape index (κ3) is 3.40. The Morgan fingerprint density at radius 2 is 1.72 bits per heavy atom. The van der Waals surface area contributed by atoms with Crippen molar-refractivity contribution in [3.63, 3.8) is 0 Å². The summed E-state index contributed by atoms with van der Waals surface area (Å²) in [6, 6.07) is 9.14. The summed E-state index contributed by atoms with van der Waals surface area (Å²) in [5, 5.41) is 0. The molecule has 0 spiro atoms. The molecular weight excluding hydrogens is 228 g/mol. The molecule has 3 heteroatoms. The molecule has 18 heavy (non-hydrogen) atoms. The molecule has 0 aliphatic heterocycles. The molecule has 1 aromatic carbocycles. The predicted octanol–water partition coefficient (Wildman–Crippen LogP) is 3.44. The lowest BCUT2D eigenvalue weighted by atomic mass is 9.97. The molecule has 0 aliphatic carbocycles. The molecule has 0 amide bonds. The number of rotatable bonds is 8. The van der Waals surface area contributed by atoms with E-state index in [4.69, 9.17) is 9.47 Å². The Kier molecular flexibility index (Phi) is 6.02. The minimum Gasteiger partial charge on any atom is -0.347 e. The van der Waals surface area contributed by atoms with Crippen molar-refractivity contribution in [1.29, 1.82) is 0 Å². The van der Waals surface area contributed by atoms with Crippen LogP contribution in [0.3, 0.4) is 0 Å². The second-order valence-electron chi connectivity index (χ2n) is 4.31. The van der Waals surface area contributed by atoms with Crippen LogP contribution in [0.25, 0.3) is 0 Å². The molecule has 0 saturated carbocycles. The van der Waals surface area contributed by atoms with Crippen molar-refractivity contribution in [1.82, 2.24) is 0 Å². The summed E-state index contributed by atoms with van der Waals surface area (Å²) in [6.45, 7) is 2.13. The van der Waals surface area contributed by atoms with Gasteiger partial charge in [0.2, 0.25) is 11.6 Å². The van der Waals surface area contributed by atoms with E-state index in [1.165, 1.54) is 14.2 Å². The fraction of sp³-hybridized carbons (Fsp3) is 0.533. The number of benzene rings is 1. The summed E-state index contributed by atoms with van der Waals surface area (Å²) in [5.74, 6) is -1.25. The maximum Gasteiger partial charge on any atom is 0.233 e. The van der Waals surface area contributed by atoms with Gasteiger partial charge in [0, 0.05) is 26.2 Å². The van der Waals surface area contributed by atoms with Crippen LogP contribution in [0, 0.1) is 0 Å². The first-order valence-electron chi connectivity index (χ1n) is 6.40. The predicted molar refractivity (Wildman–Crippen MR) is 71.7 cm³/mol. The molecule has 0 bridgehead atoms. The number of hydrogen-bond acceptors (Lipinski definition) is 3. The Labute approximate surface area is 109 Å². The first-order chi connectivity index (χ1) is 8.70. The maximum atomic E-state index is 12.5. The zero-order valence-electron chi connectivity index (χ0n) is 11.4. The molecule has 1 aromatic rings. The van der Waals surface area contributed by atoms with Crippen molar-refractivity contribution < 1.29 is 14.3 Å². The Balaban J connectivity index is 2.86. The maximum absolute atomic E-state index is 12.5. The van der Waals surface area contributed by atoms with Crippen molar-refractivity contribution >= 4 is 5.78 Å². The molecule has 0 unspecified atom stereocenters. The number of methoxy groups -OCH3 is 2. The highest BCUT2D eigenvalue weighted by Gasteiger charge is 2.38. The van der Waals surface area contributed by atoms with Crippen molar-refractivity contribution in [3.05, 3.63) is 35.9 Å². The summed E-state index contributed by atoms with van der Waals surface area (Å²) in [7, 11) is 3.05. The number of hydrogen-bond donors (Lipinski definition) is 0. The standard InChI is InChI=1S/C15H22O3/c1-4-5-9-12-15(17-2,18-3)14(16)13-10-7-6-8-11-13/h6-8,10-11H,4-5,9,12H2,1-3H3. The minimum atomic E-state index is -1.14. The Morgan fingerprint density at radius 3 is 2.22 bits per heavy atom. The number of ketones is 1. The SMILES string of the molecule is CCCCCC(OC)(OC)C(=O)c1ccccc1. The van der Waals surface area contributed by atoms with Gasteiger partial charge in [0.05, 0.1) is 0 Å². The van der Waals surface area contributed by atoms with Crippen molar-refractivity contribution in [3.8, 4) is 0 Å². The van der Waals surface area contributed by atoms with Crippen LogP contribution in [0.1, 0.15) is 43.0 Å². The molecule has 0 N–H and O–H groups in total. The van der Waals surface area contributed by atoms with Gasteiger partial charge in [-0.3, -0.25) is 4.79 Å². The third-order valence-corrected chi connectivity index (χ3v) is 3.15. The molecule has 0 heterocycles. The quantitative estimate of drug-likeness (QED) is 0.403. The zero-order chi connectivity index (χ0) is 13.4. The zero-order valence-corrected chi connectivity index (χ0v) is 11.4. The van der Waals surface area contributed by atoms with E-state index in [1.54, 1.807) is 12.1 Å². The van der Waals surface area contributed by atoms with E-state index < -0.39 is 5.79 Å². The molecule has 0 saturated heterocycles. The van der Waals surface area contributed by atoms with Gasteiger partial charge in [-0.1, -0.05) is 50.1 Å². The number of Topliss-reactive ketones (excluding diaryl/α,β-unsaturated/α-hetero) is 1. The Hall–Kier alpha value is -1.19. The lowest BCUT2D eigenvalue weighted by Gasteiger charge is -2.29. The third-order valence-electron chi connectivity index (χ3n) is 3.15. The van der Waals surface area contributed by atoms with Gasteiger partial charge in [0.25, 0.3) is 0 Å². The van der Waals surface area contributed by atoms with E-state index in [1.807, 2.05) is 18.2 Å². The average Bonchev–Trinajstić information content (AvgIpc) is 2.44. The van der Waals surface area contributed by atoms with Crippen LogP contribution >= 0.6 is 0 Å². The summed E-state index contributed by atoms with van der Waals surface area (Å²) >= 11 is 0. The normalized spacial score (nSPS) is 11.5. The highest BCUT2D eigenvalue weighted by molar-refractivity contribution is 6.01. The van der Waals surface area contributed by atoms with Crippen molar-refractivity contribution in [2.45, 2.75) is 38.4 Å². The minimum absolute atomic E-state index is 0.107. The molecule has 3 nitrogen and oxygen atoms in total. The van der Waals surface area contributed by atoms with Gasteiger partial charge in [-0.2, -0.15) is 0 Å². The summed E-state index contributed by atoms with van der Waals surface area (Å²) in [4.78, 5) is 12.5. The van der Waals surface area contributed by atoms with Gasteiger partial charge >= 0.3 is 0 Å². The van der Waals surface area contributed by atoms with Crippen molar-refractivity contribution in [2.24, 2.45) is 0 Å². The van der Waals surface area contributed by atoms with Gasteiger partial charge in [-0.05, 0) is 6.42 Å². The lowest BCUT2D eigenvalue weighted by molar-refractivity contribution is -0.173. The van der Waals surface area contributed by atoms with E-state index in [2.05, 4.69) is 6.92 Å². The first kappa shape index (κ1) is 14.9. The average molecular weight is 250 g/mol. The molecule has 1 rings (SSSR count). The van der Waals surface area contributed by atoms with E-state index in [9.17, 15) is 4.79 Å². The van der Waals surface area contributed by atoms with Crippen LogP contribution in [0.5, 0.6) is 0 Å². The van der Waals surface area contributed by atoms with Crippen LogP contribution in [0.4, 0.5) is 0 Å². The Morgan fingerprint density at radius 1 is 1.11 bits per heavy atom. The second kappa shape index (κ2) is 7.29. The van der Waals surface area contributed by atoms with Crippen LogP contribution in [0.15, 0.2) is 30.3 Å². The summed E-state index contributed by atoms with van der Waals surface area (Å²) < 4.78 is 10.8. The smallest absolute Gasteiger partial charge is 0.233 e. The largest absolute Gasteiger partial charge is 0.347 e. The topological polar surface area (TPSA) is 35.5 Å². The van der Waals surface area contributed by atoms with Crippen LogP contribution in [0.2, 0.25) is 0 Å². The fourth-order valence-corrected chi connectivity index (χ4v) is 2.00. The van der Waals surface area contributed by atoms with Crippen molar-refractivity contribution in [2.75, 3.05) is 14.2 Å². The Bertz CT molecular complexity index is 355. The summed E-state index contributed by atoms with van der Waals surface area (Å²) in [6.07, 6.45) is 3.66. The van der Waals surface area contributed by atoms with Gasteiger partial charge < -0.3 is 9.47 Å². The molecule has 100 valence electrons. The monoisotopic (exact) mass is 250 g/mol. The van der Waals surface area contributed by atoms with Gasteiger partial charge in [0.15, 0.2) is 0 Å². The number of carbonyl (C=O) groups excluding carboxylic acids is 1. The first-order valence-corrected chi connectivity index (χ1v) is 6.40. The second-order valence-corrected chi connectivity index (χ2v) is 4.31. The highest BCUT2D eigenvalue weighted by atomic mass is 16.7. The van der Waals surface area contributed by atoms with Crippen LogP contribution < -0.4 is 0 Å². The molecule has 0 aromatic heterocycles. The number of unbranched alkanes of at least 4 members (excludes halogenated alkanes) is 2. The van der Waals surface area contributed by atoms with Gasteiger partial charge in [-0.15, -0.1) is 0 Å².